The number of nitrogens with one attached hydrogen (secondary N) is 2. The lowest BCUT2D eigenvalue weighted by Crippen LogP contribution is -2.50. The number of ether oxygens (including phenoxy) is 4. The number of hydrogen-bond acceptors (Lipinski definition) is 18. The second kappa shape index (κ2) is 21.5. The number of fused-ring (bicyclic) bond motifs is 6. The summed E-state index contributed by atoms with van der Waals surface area (Å²) in [4.78, 5) is 84.1. The number of carbonyl (C=O) groups is 2. The first-order chi connectivity index (χ1) is 34.5. The van der Waals surface area contributed by atoms with E-state index in [1.54, 1.807) is 36.9 Å². The normalized spacial score (nSPS) is 24.0. The van der Waals surface area contributed by atoms with Crippen molar-refractivity contribution < 1.29 is 56.6 Å². The topological polar surface area (TPSA) is 269 Å². The number of carbonyl (C=O) groups excluding carboxylic acids is 6. The van der Waals surface area contributed by atoms with Crippen molar-refractivity contribution in [3.05, 3.63) is 97.1 Å². The maximum atomic E-state index is 12.7. The minimum atomic E-state index is -2.05. The lowest BCUT2D eigenvalue weighted by molar-refractivity contribution is -0.193. The Balaban J connectivity index is 0.000000193. The first-order valence-electron chi connectivity index (χ1n) is 23.5. The Labute approximate surface area is 423 Å². The van der Waals surface area contributed by atoms with Crippen molar-refractivity contribution in [2.75, 3.05) is 23.8 Å². The van der Waals surface area contributed by atoms with E-state index in [-0.39, 0.29) is 64.7 Å². The molecule has 8 atom stereocenters. The molecular formula is C49H60N10O12Si2. The van der Waals surface area contributed by atoms with Gasteiger partial charge in [-0.15, -0.1) is 0 Å². The predicted octanol–water partition coefficient (Wildman–Crippen LogP) is 6.75. The van der Waals surface area contributed by atoms with Crippen molar-refractivity contribution in [3.8, 4) is 0 Å². The number of amides is 2. The molecular weight excluding hydrogens is 977 g/mol. The fourth-order valence-electron chi connectivity index (χ4n) is 8.26. The summed E-state index contributed by atoms with van der Waals surface area (Å²) in [5, 5.41) is 5.84. The van der Waals surface area contributed by atoms with Gasteiger partial charge < -0.3 is 38.4 Å². The molecule has 4 bridgehead atoms. The number of anilines is 2. The standard InChI is InChI=1S/C24H31N5O4Si.C23H29N5O4Si.2CO2/c1-23(2,3)34(5,6)33-18-17-22(32-24(18,4)12-31-17)29-14-27-16-19(25-13-26-20(16)29)28-21(30)15-10-8-7-9-11-15;1-23(2,3)33(4,5)32-17-15-11-30-18(17)22(31-15)28-13-26-16-19(24-12-25-20(16)28)27-21(29)14-9-7-6-8-10-14;2*2-1-3/h7-11,13-14,17-18,22H,12H2,1-6H3,(H,25,26,28,30);6-10,12-13,15,17-18,22H,11H2,1-5H3,(H,24,25,27,29);;/t17?,18-,22-,24+;15-,17-,18?,22+;;/m10../s1. The molecule has 4 fully saturated rings. The van der Waals surface area contributed by atoms with Gasteiger partial charge >= 0.3 is 12.3 Å². The first kappa shape index (κ1) is 54.2. The lowest BCUT2D eigenvalue weighted by atomic mass is 10.0. The van der Waals surface area contributed by atoms with Crippen LogP contribution in [0.1, 0.15) is 81.6 Å². The highest BCUT2D eigenvalue weighted by Gasteiger charge is 2.62. The fourth-order valence-corrected chi connectivity index (χ4v) is 11.0. The molecule has 0 spiro atoms. The number of imidazole rings is 2. The Morgan fingerprint density at radius 2 is 1.11 bits per heavy atom. The van der Waals surface area contributed by atoms with Crippen molar-refractivity contribution in [3.63, 3.8) is 0 Å². The van der Waals surface area contributed by atoms with Crippen molar-refractivity contribution >= 4 is 74.7 Å². The van der Waals surface area contributed by atoms with Gasteiger partial charge in [0.15, 0.2) is 63.1 Å². The zero-order valence-electron chi connectivity index (χ0n) is 42.5. The van der Waals surface area contributed by atoms with Gasteiger partial charge in [-0.05, 0) is 67.5 Å². The molecule has 24 heteroatoms. The highest BCUT2D eigenvalue weighted by atomic mass is 28.4. The van der Waals surface area contributed by atoms with Gasteiger partial charge in [0.2, 0.25) is 0 Å². The molecule has 4 saturated heterocycles. The zero-order valence-corrected chi connectivity index (χ0v) is 44.5. The molecule has 0 radical (unpaired) electrons. The number of nitrogens with zero attached hydrogens (tertiary/aromatic N) is 8. The van der Waals surface area contributed by atoms with E-state index in [9.17, 15) is 9.59 Å². The minimum Gasteiger partial charge on any atom is -0.408 e. The molecule has 4 aliphatic rings. The van der Waals surface area contributed by atoms with Crippen LogP contribution in [-0.4, -0.2) is 129 Å². The molecule has 4 aliphatic heterocycles. The van der Waals surface area contributed by atoms with Crippen molar-refractivity contribution in [1.29, 1.82) is 0 Å². The van der Waals surface area contributed by atoms with E-state index in [0.29, 0.717) is 58.3 Å². The Bertz CT molecular complexity index is 2980. The SMILES string of the molecule is CC(C)(C)[Si](C)(C)O[C@@H]1C2OC[C@@H]1O[C@H]2n1cnc2c(NC(=O)c3ccccc3)ncnc21.CC(C)(C)[Si](C)(C)O[C@@H]1C2OC[C@]1(C)O[C@H]2n1cnc2c(NC(=O)c3ccccc3)ncnc21.O=C=O.O=C=O. The molecule has 2 aromatic carbocycles. The van der Waals surface area contributed by atoms with Crippen LogP contribution in [0.15, 0.2) is 86.0 Å². The molecule has 22 nitrogen and oxygen atoms in total. The molecule has 386 valence electrons. The Morgan fingerprint density at radius 1 is 0.658 bits per heavy atom. The van der Waals surface area contributed by atoms with Gasteiger partial charge in [-0.1, -0.05) is 77.9 Å². The highest BCUT2D eigenvalue weighted by Crippen LogP contribution is 2.50. The van der Waals surface area contributed by atoms with E-state index < -0.39 is 34.7 Å². The summed E-state index contributed by atoms with van der Waals surface area (Å²) < 4.78 is 42.2. The quantitative estimate of drug-likeness (QED) is 0.134. The lowest BCUT2D eigenvalue weighted by Gasteiger charge is -2.40. The smallest absolute Gasteiger partial charge is 0.373 e. The first-order valence-corrected chi connectivity index (χ1v) is 29.3. The summed E-state index contributed by atoms with van der Waals surface area (Å²) in [6.07, 6.45) is 4.83. The Morgan fingerprint density at radius 3 is 1.58 bits per heavy atom. The zero-order chi connectivity index (χ0) is 53.1. The van der Waals surface area contributed by atoms with Crippen LogP contribution in [0.3, 0.4) is 0 Å². The average molecular weight is 1040 g/mol. The number of hydrogen-bond donors (Lipinski definition) is 2. The summed E-state index contributed by atoms with van der Waals surface area (Å²) in [5.74, 6) is 0.185. The average Bonchev–Trinajstić information content (AvgIpc) is 4.21. The summed E-state index contributed by atoms with van der Waals surface area (Å²) in [6, 6.07) is 18.0. The van der Waals surface area contributed by atoms with Crippen LogP contribution in [0.2, 0.25) is 36.3 Å². The molecule has 6 aromatic rings. The Hall–Kier alpha value is -6.57. The molecule has 2 unspecified atom stereocenters. The third-order valence-corrected chi connectivity index (χ3v) is 23.1. The van der Waals surface area contributed by atoms with Gasteiger partial charge in [0.1, 0.15) is 48.8 Å². The third-order valence-electron chi connectivity index (χ3n) is 14.1. The van der Waals surface area contributed by atoms with Crippen LogP contribution in [-0.2, 0) is 47.0 Å². The predicted molar refractivity (Wildman–Crippen MR) is 266 cm³/mol. The van der Waals surface area contributed by atoms with E-state index in [1.807, 2.05) is 52.5 Å². The molecule has 0 saturated carbocycles. The number of rotatable bonds is 10. The molecule has 2 N–H and O–H groups in total. The van der Waals surface area contributed by atoms with Crippen LogP contribution in [0, 0.1) is 0 Å². The Kier molecular flexibility index (Phi) is 16.0. The fraction of sp³-hybridized carbons (Fsp3) is 0.469. The molecule has 0 aliphatic carbocycles. The highest BCUT2D eigenvalue weighted by molar-refractivity contribution is 6.74. The maximum absolute atomic E-state index is 12.7. The van der Waals surface area contributed by atoms with Crippen molar-refractivity contribution in [2.24, 2.45) is 0 Å². The third kappa shape index (κ3) is 11.2. The van der Waals surface area contributed by atoms with E-state index in [0.717, 1.165) is 0 Å². The molecule has 4 aromatic heterocycles. The number of benzene rings is 2. The molecule has 10 rings (SSSR count). The summed E-state index contributed by atoms with van der Waals surface area (Å²) in [6.45, 7) is 25.3. The number of aromatic nitrogens is 8. The van der Waals surface area contributed by atoms with Gasteiger partial charge in [-0.25, -0.2) is 29.9 Å². The van der Waals surface area contributed by atoms with Gasteiger partial charge in [-0.3, -0.25) is 18.7 Å². The second-order valence-corrected chi connectivity index (χ2v) is 30.5. The van der Waals surface area contributed by atoms with Crippen LogP contribution < -0.4 is 10.6 Å². The van der Waals surface area contributed by atoms with Crippen molar-refractivity contribution in [2.45, 2.75) is 133 Å². The van der Waals surface area contributed by atoms with Crippen LogP contribution in [0.5, 0.6) is 0 Å². The minimum absolute atomic E-state index is 0.0711. The van der Waals surface area contributed by atoms with Crippen LogP contribution in [0.25, 0.3) is 22.3 Å². The second-order valence-electron chi connectivity index (χ2n) is 21.0. The van der Waals surface area contributed by atoms with Gasteiger partial charge in [0, 0.05) is 11.1 Å². The molecule has 8 heterocycles. The summed E-state index contributed by atoms with van der Waals surface area (Å²) in [5.41, 5.74) is 2.64. The van der Waals surface area contributed by atoms with Crippen LogP contribution >= 0.6 is 0 Å². The van der Waals surface area contributed by atoms with E-state index in [4.69, 9.17) is 47.0 Å². The molecule has 2 amide bonds. The summed E-state index contributed by atoms with van der Waals surface area (Å²) >= 11 is 0. The van der Waals surface area contributed by atoms with Gasteiger partial charge in [-0.2, -0.15) is 19.2 Å². The van der Waals surface area contributed by atoms with Crippen molar-refractivity contribution in [1.82, 2.24) is 39.0 Å². The largest absolute Gasteiger partial charge is 0.408 e. The molecule has 73 heavy (non-hydrogen) atoms. The van der Waals surface area contributed by atoms with E-state index >= 15 is 0 Å². The van der Waals surface area contributed by atoms with Crippen LogP contribution in [0.4, 0.5) is 11.6 Å². The summed E-state index contributed by atoms with van der Waals surface area (Å²) in [7, 11) is -4.05. The maximum Gasteiger partial charge on any atom is 0.373 e. The monoisotopic (exact) mass is 1040 g/mol. The van der Waals surface area contributed by atoms with E-state index in [1.165, 1.54) is 12.7 Å². The van der Waals surface area contributed by atoms with E-state index in [2.05, 4.69) is 108 Å². The van der Waals surface area contributed by atoms with Gasteiger partial charge in [0.05, 0.1) is 25.9 Å². The van der Waals surface area contributed by atoms with Gasteiger partial charge in [0.25, 0.3) is 11.8 Å².